The Bertz CT molecular complexity index is 1570. The highest BCUT2D eigenvalue weighted by Crippen LogP contribution is 2.50. The Hall–Kier alpha value is -3.89. The number of alkyl halides is 3. The molecule has 1 aliphatic heterocycles. The minimum atomic E-state index is -4.93. The van der Waals surface area contributed by atoms with Crippen LogP contribution < -0.4 is 10.9 Å². The van der Waals surface area contributed by atoms with E-state index in [9.17, 15) is 33.1 Å². The van der Waals surface area contributed by atoms with E-state index in [4.69, 9.17) is 9.47 Å². The average Bonchev–Trinajstić information content (AvgIpc) is 3.27. The number of hydrogen-bond acceptors (Lipinski definition) is 8. The number of ether oxygens (including phenoxy) is 2. The van der Waals surface area contributed by atoms with Crippen molar-refractivity contribution in [3.8, 4) is 6.07 Å². The van der Waals surface area contributed by atoms with Crippen LogP contribution in [0.5, 0.6) is 0 Å². The Kier molecular flexibility index (Phi) is 8.19. The summed E-state index contributed by atoms with van der Waals surface area (Å²) in [5, 5.41) is 28.3. The fourth-order valence-electron chi connectivity index (χ4n) is 5.37. The number of rotatable bonds is 6. The number of halogens is 3. The summed E-state index contributed by atoms with van der Waals surface area (Å²) in [6.07, 6.45) is -3.77. The number of nitrogens with one attached hydrogen (secondary N) is 2. The molecule has 1 fully saturated rings. The van der Waals surface area contributed by atoms with E-state index in [0.717, 1.165) is 0 Å². The number of anilines is 2. The van der Waals surface area contributed by atoms with Gasteiger partial charge >= 0.3 is 12.1 Å². The lowest BCUT2D eigenvalue weighted by Gasteiger charge is -2.41. The fourth-order valence-corrected chi connectivity index (χ4v) is 5.37. The number of fused-ring (bicyclic) bond motifs is 1. The molecule has 4 rings (SSSR count). The fraction of sp³-hybridized carbons (Fsp3) is 0.533. The number of benzene rings is 1. The van der Waals surface area contributed by atoms with Crippen molar-refractivity contribution in [1.29, 1.82) is 5.26 Å². The standard InChI is InChI=1S/C30H36F3N5O5/c1-26(2,3)29(41,30(31,32)33)18-7-9-19(10-8-18)36-23-22-20(12-16-35-24(22)39)38(37-23)28(14-15-34)13-11-21(42-17-28)25(40)43-27(4,5)6/h7-10,12,16,21,41H,11,13-14,17H2,1-6H3,(H,35,39)(H,36,37)/t21-,28-,29-/m0/s1. The van der Waals surface area contributed by atoms with E-state index >= 15 is 0 Å². The molecule has 3 atom stereocenters. The van der Waals surface area contributed by atoms with Crippen LogP contribution in [0.1, 0.15) is 66.4 Å². The molecule has 0 unspecified atom stereocenters. The van der Waals surface area contributed by atoms with Gasteiger partial charge in [-0.05, 0) is 57.4 Å². The van der Waals surface area contributed by atoms with Crippen LogP contribution in [-0.2, 0) is 25.4 Å². The normalized spacial score (nSPS) is 21.2. The van der Waals surface area contributed by atoms with Crippen molar-refractivity contribution in [2.45, 2.75) is 89.8 Å². The Labute approximate surface area is 246 Å². The smallest absolute Gasteiger partial charge is 0.421 e. The minimum Gasteiger partial charge on any atom is -0.458 e. The zero-order valence-electron chi connectivity index (χ0n) is 24.9. The van der Waals surface area contributed by atoms with Crippen LogP contribution in [0.2, 0.25) is 0 Å². The maximum absolute atomic E-state index is 14.0. The second kappa shape index (κ2) is 11.0. The SMILES string of the molecule is CC(C)(C)OC(=O)[C@@H]1CC[C@@](CC#N)(n2nc(Nc3ccc([C@](O)(C(C)(C)C)C(F)(F)F)cc3)c3c(=O)[nH]ccc32)CO1. The first-order chi connectivity index (χ1) is 19.8. The van der Waals surface area contributed by atoms with Gasteiger partial charge in [-0.15, -0.1) is 0 Å². The number of pyridine rings is 1. The molecular formula is C30H36F3N5O5. The largest absolute Gasteiger partial charge is 0.458 e. The van der Waals surface area contributed by atoms with Gasteiger partial charge in [0.25, 0.3) is 5.56 Å². The second-order valence-corrected chi connectivity index (χ2v) is 12.9. The summed E-state index contributed by atoms with van der Waals surface area (Å²) < 4.78 is 54.9. The lowest BCUT2D eigenvalue weighted by Crippen LogP contribution is -2.52. The number of carbonyl (C=O) groups excluding carboxylic acids is 1. The van der Waals surface area contributed by atoms with Crippen molar-refractivity contribution < 1.29 is 32.5 Å². The van der Waals surface area contributed by atoms with Crippen LogP contribution in [0.3, 0.4) is 0 Å². The van der Waals surface area contributed by atoms with Crippen LogP contribution >= 0.6 is 0 Å². The van der Waals surface area contributed by atoms with Crippen molar-refractivity contribution in [2.24, 2.45) is 5.41 Å². The molecule has 0 bridgehead atoms. The molecule has 0 spiro atoms. The van der Waals surface area contributed by atoms with Gasteiger partial charge in [0.2, 0.25) is 0 Å². The summed E-state index contributed by atoms with van der Waals surface area (Å²) in [4.78, 5) is 28.2. The Morgan fingerprint density at radius 2 is 1.86 bits per heavy atom. The van der Waals surface area contributed by atoms with Crippen LogP contribution in [0.25, 0.3) is 10.9 Å². The number of aliphatic hydroxyl groups is 1. The van der Waals surface area contributed by atoms with Crippen molar-refractivity contribution >= 4 is 28.4 Å². The molecule has 13 heteroatoms. The van der Waals surface area contributed by atoms with Gasteiger partial charge in [0.15, 0.2) is 17.5 Å². The van der Waals surface area contributed by atoms with Gasteiger partial charge in [-0.1, -0.05) is 32.9 Å². The van der Waals surface area contributed by atoms with E-state index in [1.807, 2.05) is 0 Å². The summed E-state index contributed by atoms with van der Waals surface area (Å²) in [7, 11) is 0. The van der Waals surface area contributed by atoms with Crippen LogP contribution in [0.15, 0.2) is 41.3 Å². The molecule has 232 valence electrons. The van der Waals surface area contributed by atoms with Crippen LogP contribution in [0.4, 0.5) is 24.7 Å². The summed E-state index contributed by atoms with van der Waals surface area (Å²) in [5.74, 6) is -0.396. The second-order valence-electron chi connectivity index (χ2n) is 12.9. The van der Waals surface area contributed by atoms with Crippen molar-refractivity contribution in [3.63, 3.8) is 0 Å². The number of hydrogen-bond donors (Lipinski definition) is 3. The number of carbonyl (C=O) groups is 1. The maximum Gasteiger partial charge on any atom is 0.421 e. The molecule has 0 radical (unpaired) electrons. The minimum absolute atomic E-state index is 0.0332. The van der Waals surface area contributed by atoms with Gasteiger partial charge in [0, 0.05) is 17.3 Å². The number of aromatic nitrogens is 3. The molecule has 0 saturated carbocycles. The first-order valence-electron chi connectivity index (χ1n) is 13.8. The maximum atomic E-state index is 14.0. The molecule has 3 heterocycles. The Morgan fingerprint density at radius 3 is 2.37 bits per heavy atom. The third-order valence-electron chi connectivity index (χ3n) is 7.62. The number of H-pyrrole nitrogens is 1. The highest BCUT2D eigenvalue weighted by Gasteiger charge is 2.61. The third kappa shape index (κ3) is 5.99. The monoisotopic (exact) mass is 603 g/mol. The van der Waals surface area contributed by atoms with E-state index in [0.29, 0.717) is 17.6 Å². The quantitative estimate of drug-likeness (QED) is 0.318. The van der Waals surface area contributed by atoms with Gasteiger partial charge in [0.1, 0.15) is 11.0 Å². The van der Waals surface area contributed by atoms with Crippen molar-refractivity contribution in [2.75, 3.05) is 11.9 Å². The van der Waals surface area contributed by atoms with Crippen molar-refractivity contribution in [1.82, 2.24) is 14.8 Å². The van der Waals surface area contributed by atoms with Gasteiger partial charge in [-0.3, -0.25) is 9.48 Å². The van der Waals surface area contributed by atoms with Crippen LogP contribution in [0, 0.1) is 16.7 Å². The molecule has 3 aromatic rings. The van der Waals surface area contributed by atoms with Gasteiger partial charge in [0.05, 0.1) is 30.2 Å². The summed E-state index contributed by atoms with van der Waals surface area (Å²) in [5.41, 5.74) is -6.46. The number of nitriles is 1. The van der Waals surface area contributed by atoms with Crippen LogP contribution in [-0.4, -0.2) is 50.3 Å². The summed E-state index contributed by atoms with van der Waals surface area (Å²) >= 11 is 0. The molecule has 43 heavy (non-hydrogen) atoms. The first kappa shape index (κ1) is 32.0. The third-order valence-corrected chi connectivity index (χ3v) is 7.62. The van der Waals surface area contributed by atoms with Gasteiger partial charge in [-0.25, -0.2) is 4.79 Å². The molecule has 1 aliphatic rings. The predicted octanol–water partition coefficient (Wildman–Crippen LogP) is 5.39. The van der Waals surface area contributed by atoms with E-state index in [1.165, 1.54) is 51.2 Å². The Morgan fingerprint density at radius 1 is 1.21 bits per heavy atom. The average molecular weight is 604 g/mol. The van der Waals surface area contributed by atoms with E-state index in [1.54, 1.807) is 31.5 Å². The summed E-state index contributed by atoms with van der Waals surface area (Å²) in [6.45, 7) is 9.13. The molecule has 0 aliphatic carbocycles. The zero-order valence-corrected chi connectivity index (χ0v) is 24.9. The zero-order chi connectivity index (χ0) is 32.0. The van der Waals surface area contributed by atoms with E-state index in [-0.39, 0.29) is 36.2 Å². The molecule has 0 amide bonds. The lowest BCUT2D eigenvalue weighted by atomic mass is 9.71. The number of nitrogens with zero attached hydrogens (tertiary/aromatic N) is 3. The highest BCUT2D eigenvalue weighted by atomic mass is 19.4. The molecule has 2 aromatic heterocycles. The molecule has 1 aromatic carbocycles. The lowest BCUT2D eigenvalue weighted by molar-refractivity contribution is -0.302. The molecular weight excluding hydrogens is 567 g/mol. The van der Waals surface area contributed by atoms with Gasteiger partial charge < -0.3 is 24.9 Å². The topological polar surface area (TPSA) is 142 Å². The van der Waals surface area contributed by atoms with E-state index < -0.39 is 46.0 Å². The van der Waals surface area contributed by atoms with E-state index in [2.05, 4.69) is 21.5 Å². The highest BCUT2D eigenvalue weighted by molar-refractivity contribution is 5.91. The summed E-state index contributed by atoms with van der Waals surface area (Å²) in [6, 6.07) is 8.86. The van der Waals surface area contributed by atoms with Gasteiger partial charge in [-0.2, -0.15) is 23.5 Å². The molecule has 10 nitrogen and oxygen atoms in total. The predicted molar refractivity (Wildman–Crippen MR) is 153 cm³/mol. The van der Waals surface area contributed by atoms with Crippen molar-refractivity contribution in [3.05, 3.63) is 52.4 Å². The Balaban J connectivity index is 1.70. The number of esters is 1. The first-order valence-corrected chi connectivity index (χ1v) is 13.8. The number of aromatic amines is 1. The molecule has 1 saturated heterocycles. The molecule has 3 N–H and O–H groups in total.